The summed E-state index contributed by atoms with van der Waals surface area (Å²) in [7, 11) is 0. The van der Waals surface area contributed by atoms with Gasteiger partial charge < -0.3 is 10.0 Å². The molecule has 1 saturated heterocycles. The van der Waals surface area contributed by atoms with E-state index < -0.39 is 0 Å². The number of hydrogen-bond acceptors (Lipinski definition) is 3. The van der Waals surface area contributed by atoms with E-state index in [1.807, 2.05) is 11.8 Å². The number of piperazine rings is 1. The van der Waals surface area contributed by atoms with Crippen LogP contribution in [0.3, 0.4) is 0 Å². The smallest absolute Gasteiger partial charge is 0.254 e. The highest BCUT2D eigenvalue weighted by molar-refractivity contribution is 9.09. The second-order valence-corrected chi connectivity index (χ2v) is 5.62. The number of carbonyl (C=O) groups excluding carboxylic acids is 1. The van der Waals surface area contributed by atoms with Crippen molar-refractivity contribution in [2.75, 3.05) is 38.1 Å². The molecule has 0 radical (unpaired) electrons. The van der Waals surface area contributed by atoms with E-state index in [-0.39, 0.29) is 11.7 Å². The first-order valence-corrected chi connectivity index (χ1v) is 7.61. The summed E-state index contributed by atoms with van der Waals surface area (Å²) in [5.74, 6) is 0.271. The van der Waals surface area contributed by atoms with E-state index in [9.17, 15) is 9.90 Å². The Kier molecular flexibility index (Phi) is 4.82. The van der Waals surface area contributed by atoms with Gasteiger partial charge in [-0.1, -0.05) is 15.9 Å². The van der Waals surface area contributed by atoms with Gasteiger partial charge in [0.1, 0.15) is 5.75 Å². The van der Waals surface area contributed by atoms with Gasteiger partial charge in [-0.15, -0.1) is 0 Å². The second-order valence-electron chi connectivity index (χ2n) is 4.82. The van der Waals surface area contributed by atoms with E-state index in [0.29, 0.717) is 5.56 Å². The zero-order valence-electron chi connectivity index (χ0n) is 11.1. The Morgan fingerprint density at radius 2 is 2.00 bits per heavy atom. The van der Waals surface area contributed by atoms with E-state index in [1.165, 1.54) is 0 Å². The number of hydrogen-bond donors (Lipinski definition) is 1. The number of benzene rings is 1. The summed E-state index contributed by atoms with van der Waals surface area (Å²) in [6, 6.07) is 4.91. The van der Waals surface area contributed by atoms with Gasteiger partial charge in [0.05, 0.1) is 0 Å². The number of phenolic OH excluding ortho intramolecular Hbond substituents is 1. The second kappa shape index (κ2) is 6.39. The minimum atomic E-state index is 0.0657. The number of amides is 1. The number of rotatable bonds is 3. The van der Waals surface area contributed by atoms with E-state index in [2.05, 4.69) is 20.8 Å². The molecule has 0 aromatic heterocycles. The molecule has 1 aromatic carbocycles. The van der Waals surface area contributed by atoms with Crippen LogP contribution in [0.15, 0.2) is 18.2 Å². The normalized spacial score (nSPS) is 16.6. The van der Waals surface area contributed by atoms with Gasteiger partial charge in [0.15, 0.2) is 0 Å². The molecule has 1 N–H and O–H groups in total. The van der Waals surface area contributed by atoms with Crippen molar-refractivity contribution in [1.29, 1.82) is 0 Å². The molecule has 1 aliphatic rings. The van der Waals surface area contributed by atoms with E-state index >= 15 is 0 Å². The Hall–Kier alpha value is -1.07. The number of alkyl halides is 1. The maximum Gasteiger partial charge on any atom is 0.254 e. The molecular formula is C14H19BrN2O2. The van der Waals surface area contributed by atoms with Gasteiger partial charge in [-0.2, -0.15) is 0 Å². The van der Waals surface area contributed by atoms with Crippen molar-refractivity contribution in [1.82, 2.24) is 9.80 Å². The number of phenols is 1. The van der Waals surface area contributed by atoms with Crippen LogP contribution in [0.4, 0.5) is 0 Å². The van der Waals surface area contributed by atoms with Crippen molar-refractivity contribution in [3.63, 3.8) is 0 Å². The molecule has 4 nitrogen and oxygen atoms in total. The summed E-state index contributed by atoms with van der Waals surface area (Å²) >= 11 is 3.44. The van der Waals surface area contributed by atoms with E-state index in [4.69, 9.17) is 0 Å². The molecule has 0 spiro atoms. The Morgan fingerprint density at radius 3 is 2.58 bits per heavy atom. The van der Waals surface area contributed by atoms with Gasteiger partial charge in [-0.25, -0.2) is 0 Å². The fraction of sp³-hybridized carbons (Fsp3) is 0.500. The van der Waals surface area contributed by atoms with Crippen molar-refractivity contribution in [2.24, 2.45) is 0 Å². The van der Waals surface area contributed by atoms with Crippen LogP contribution in [0, 0.1) is 6.92 Å². The van der Waals surface area contributed by atoms with Crippen LogP contribution in [0.1, 0.15) is 15.9 Å². The summed E-state index contributed by atoms with van der Waals surface area (Å²) in [5, 5.41) is 10.4. The molecule has 19 heavy (non-hydrogen) atoms. The van der Waals surface area contributed by atoms with Gasteiger partial charge in [0.2, 0.25) is 0 Å². The van der Waals surface area contributed by atoms with Crippen molar-refractivity contribution in [3.05, 3.63) is 29.3 Å². The lowest BCUT2D eigenvalue weighted by Gasteiger charge is -2.34. The predicted octanol–water partition coefficient (Wildman–Crippen LogP) is 1.85. The van der Waals surface area contributed by atoms with Crippen LogP contribution < -0.4 is 0 Å². The number of aryl methyl sites for hydroxylation is 1. The van der Waals surface area contributed by atoms with Gasteiger partial charge in [-0.05, 0) is 30.7 Å². The minimum absolute atomic E-state index is 0.0657. The number of aromatic hydroxyl groups is 1. The summed E-state index contributed by atoms with van der Waals surface area (Å²) < 4.78 is 0. The molecule has 104 valence electrons. The Morgan fingerprint density at radius 1 is 1.32 bits per heavy atom. The van der Waals surface area contributed by atoms with E-state index in [0.717, 1.165) is 43.6 Å². The third-order valence-corrected chi connectivity index (χ3v) is 3.86. The molecule has 1 amide bonds. The Bertz CT molecular complexity index is 457. The molecule has 0 bridgehead atoms. The summed E-state index contributed by atoms with van der Waals surface area (Å²) in [6.45, 7) is 6.27. The van der Waals surface area contributed by atoms with Crippen LogP contribution >= 0.6 is 15.9 Å². The fourth-order valence-electron chi connectivity index (χ4n) is 2.35. The van der Waals surface area contributed by atoms with Crippen LogP contribution in [0.25, 0.3) is 0 Å². The highest BCUT2D eigenvalue weighted by Crippen LogP contribution is 2.18. The third kappa shape index (κ3) is 3.48. The molecule has 0 aliphatic carbocycles. The first-order valence-electron chi connectivity index (χ1n) is 6.49. The van der Waals surface area contributed by atoms with Gasteiger partial charge in [0.25, 0.3) is 5.91 Å². The van der Waals surface area contributed by atoms with Crippen molar-refractivity contribution in [2.45, 2.75) is 6.92 Å². The Labute approximate surface area is 122 Å². The van der Waals surface area contributed by atoms with Gasteiger partial charge >= 0.3 is 0 Å². The van der Waals surface area contributed by atoms with Gasteiger partial charge in [0, 0.05) is 43.6 Å². The van der Waals surface area contributed by atoms with Crippen LogP contribution in [-0.4, -0.2) is 58.9 Å². The maximum atomic E-state index is 12.4. The molecule has 5 heteroatoms. The monoisotopic (exact) mass is 326 g/mol. The highest BCUT2D eigenvalue weighted by atomic mass is 79.9. The van der Waals surface area contributed by atoms with E-state index in [1.54, 1.807) is 18.2 Å². The lowest BCUT2D eigenvalue weighted by molar-refractivity contribution is 0.0644. The van der Waals surface area contributed by atoms with Crippen molar-refractivity contribution in [3.8, 4) is 5.75 Å². The molecular weight excluding hydrogens is 308 g/mol. The SMILES string of the molecule is Cc1cc(O)ccc1C(=O)N1CCN(CCBr)CC1. The topological polar surface area (TPSA) is 43.8 Å². The first kappa shape index (κ1) is 14.3. The molecule has 1 aliphatic heterocycles. The van der Waals surface area contributed by atoms with Crippen molar-refractivity contribution >= 4 is 21.8 Å². The molecule has 1 heterocycles. The summed E-state index contributed by atoms with van der Waals surface area (Å²) in [6.07, 6.45) is 0. The fourth-order valence-corrected chi connectivity index (χ4v) is 2.85. The van der Waals surface area contributed by atoms with Crippen LogP contribution in [0.5, 0.6) is 5.75 Å². The molecule has 2 rings (SSSR count). The lowest BCUT2D eigenvalue weighted by Crippen LogP contribution is -2.49. The van der Waals surface area contributed by atoms with Crippen molar-refractivity contribution < 1.29 is 9.90 Å². The van der Waals surface area contributed by atoms with Gasteiger partial charge in [-0.3, -0.25) is 9.69 Å². The number of nitrogens with zero attached hydrogens (tertiary/aromatic N) is 2. The molecule has 1 aromatic rings. The maximum absolute atomic E-state index is 12.4. The summed E-state index contributed by atoms with van der Waals surface area (Å²) in [5.41, 5.74) is 1.51. The third-order valence-electron chi connectivity index (χ3n) is 3.50. The van der Waals surface area contributed by atoms with Crippen LogP contribution in [-0.2, 0) is 0 Å². The summed E-state index contributed by atoms with van der Waals surface area (Å²) in [4.78, 5) is 16.7. The first-order chi connectivity index (χ1) is 9.11. The number of halogens is 1. The largest absolute Gasteiger partial charge is 0.508 e. The predicted molar refractivity (Wildman–Crippen MR) is 79.0 cm³/mol. The zero-order valence-corrected chi connectivity index (χ0v) is 12.7. The molecule has 0 atom stereocenters. The molecule has 0 unspecified atom stereocenters. The quantitative estimate of drug-likeness (QED) is 0.862. The Balaban J connectivity index is 2.01. The highest BCUT2D eigenvalue weighted by Gasteiger charge is 2.22. The zero-order chi connectivity index (χ0) is 13.8. The number of carbonyl (C=O) groups is 1. The van der Waals surface area contributed by atoms with Crippen LogP contribution in [0.2, 0.25) is 0 Å². The average molecular weight is 327 g/mol. The standard InChI is InChI=1S/C14H19BrN2O2/c1-11-10-12(18)2-3-13(11)14(19)17-8-6-16(5-4-15)7-9-17/h2-3,10,18H,4-9H2,1H3. The minimum Gasteiger partial charge on any atom is -0.508 e. The average Bonchev–Trinajstić information content (AvgIpc) is 2.39. The lowest BCUT2D eigenvalue weighted by atomic mass is 10.1. The molecule has 1 fully saturated rings. The molecule has 0 saturated carbocycles.